The number of allylic oxidation sites excluding steroid dienone is 2. The number of carbonyl (C=O) groups excluding carboxylic acids is 1. The molecule has 2 rings (SSSR count). The van der Waals surface area contributed by atoms with E-state index in [9.17, 15) is 13.2 Å². The van der Waals surface area contributed by atoms with E-state index in [-0.39, 0.29) is 17.5 Å². The molecule has 1 aromatic carbocycles. The molecule has 0 saturated carbocycles. The maximum absolute atomic E-state index is 11.5. The van der Waals surface area contributed by atoms with Crippen molar-refractivity contribution in [2.45, 2.75) is 50.6 Å². The van der Waals surface area contributed by atoms with Crippen LogP contribution in [0.15, 0.2) is 36.4 Å². The zero-order chi connectivity index (χ0) is 21.5. The average Bonchev–Trinajstić information content (AvgIpc) is 2.63. The second kappa shape index (κ2) is 10.5. The van der Waals surface area contributed by atoms with E-state index in [0.717, 1.165) is 36.2 Å². The van der Waals surface area contributed by atoms with Crippen LogP contribution in [0.25, 0.3) is 0 Å². The van der Waals surface area contributed by atoms with Crippen molar-refractivity contribution in [3.63, 3.8) is 0 Å². The van der Waals surface area contributed by atoms with Crippen LogP contribution < -0.4 is 9.46 Å². The fourth-order valence-electron chi connectivity index (χ4n) is 3.27. The number of hydrogen-bond donors (Lipinski definition) is 1. The number of hydrogen-bond acceptors (Lipinski definition) is 6. The smallest absolute Gasteiger partial charge is 0.233 e. The summed E-state index contributed by atoms with van der Waals surface area (Å²) < 4.78 is 36.0. The molecule has 0 unspecified atom stereocenters. The molecule has 1 amide bonds. The van der Waals surface area contributed by atoms with Crippen LogP contribution in [0.5, 0.6) is 5.75 Å². The largest absolute Gasteiger partial charge is 0.496 e. The maximum Gasteiger partial charge on any atom is 0.233 e. The second-order valence-corrected chi connectivity index (χ2v) is 11.0. The van der Waals surface area contributed by atoms with Gasteiger partial charge in [-0.1, -0.05) is 30.4 Å². The molecular formula is C21H31NO5S2. The highest BCUT2D eigenvalue weighted by Crippen LogP contribution is 2.47. The Morgan fingerprint density at radius 2 is 2.07 bits per heavy atom. The maximum atomic E-state index is 11.5. The third-order valence-corrected chi connectivity index (χ3v) is 6.59. The lowest BCUT2D eigenvalue weighted by Crippen LogP contribution is -2.34. The van der Waals surface area contributed by atoms with Crippen molar-refractivity contribution < 1.29 is 22.7 Å². The van der Waals surface area contributed by atoms with Crippen molar-refractivity contribution in [3.8, 4) is 5.75 Å². The fourth-order valence-corrected chi connectivity index (χ4v) is 4.88. The fraction of sp³-hybridized carbons (Fsp3) is 0.571. The van der Waals surface area contributed by atoms with E-state index in [1.165, 1.54) is 0 Å². The lowest BCUT2D eigenvalue weighted by atomic mass is 9.92. The zero-order valence-corrected chi connectivity index (χ0v) is 19.1. The average molecular weight is 442 g/mol. The SMILES string of the molecule is COc1ccccc1[C@@H]1OC(C)(C)SC[C@@H]1CC=CCCCC(=O)NS(C)(=O)=O. The molecule has 0 radical (unpaired) electrons. The summed E-state index contributed by atoms with van der Waals surface area (Å²) in [5.41, 5.74) is 1.07. The molecule has 1 saturated heterocycles. The minimum atomic E-state index is -3.48. The third-order valence-electron chi connectivity index (χ3n) is 4.61. The van der Waals surface area contributed by atoms with Gasteiger partial charge in [-0.15, -0.1) is 11.8 Å². The van der Waals surface area contributed by atoms with Crippen LogP contribution in [0, 0.1) is 5.92 Å². The summed E-state index contributed by atoms with van der Waals surface area (Å²) in [4.78, 5) is 11.3. The highest BCUT2D eigenvalue weighted by Gasteiger charge is 2.37. The number of sulfonamides is 1. The Morgan fingerprint density at radius 1 is 1.34 bits per heavy atom. The molecule has 0 bridgehead atoms. The molecule has 1 aliphatic rings. The standard InChI is InChI=1S/C21H31NO5S2/c1-21(2)27-20(17-12-9-10-13-18(17)26-3)16(15-28-21)11-7-5-6-8-14-19(23)22-29(4,24)25/h5,7,9-10,12-13,16,20H,6,8,11,14-15H2,1-4H3,(H,22,23)/t16-,20+/m0/s1. The van der Waals surface area contributed by atoms with Crippen molar-refractivity contribution in [1.82, 2.24) is 4.72 Å². The van der Waals surface area contributed by atoms with Gasteiger partial charge in [0.1, 0.15) is 10.7 Å². The molecule has 162 valence electrons. The molecule has 6 nitrogen and oxygen atoms in total. The van der Waals surface area contributed by atoms with Crippen LogP contribution in [-0.2, 0) is 19.6 Å². The second-order valence-electron chi connectivity index (χ2n) is 7.65. The van der Waals surface area contributed by atoms with Gasteiger partial charge in [0.15, 0.2) is 0 Å². The summed E-state index contributed by atoms with van der Waals surface area (Å²) in [7, 11) is -1.80. The molecule has 2 atom stereocenters. The summed E-state index contributed by atoms with van der Waals surface area (Å²) in [6.07, 6.45) is 7.50. The molecule has 1 N–H and O–H groups in total. The number of amides is 1. The molecular weight excluding hydrogens is 410 g/mol. The van der Waals surface area contributed by atoms with E-state index < -0.39 is 15.9 Å². The molecule has 0 aliphatic carbocycles. The quantitative estimate of drug-likeness (QED) is 0.460. The van der Waals surface area contributed by atoms with Crippen LogP contribution in [0.3, 0.4) is 0 Å². The lowest BCUT2D eigenvalue weighted by Gasteiger charge is -2.41. The Hall–Kier alpha value is -1.51. The van der Waals surface area contributed by atoms with E-state index in [2.05, 4.69) is 32.1 Å². The van der Waals surface area contributed by atoms with Crippen LogP contribution in [-0.4, -0.2) is 38.4 Å². The van der Waals surface area contributed by atoms with E-state index in [1.807, 2.05) is 34.7 Å². The van der Waals surface area contributed by atoms with Gasteiger partial charge in [-0.25, -0.2) is 8.42 Å². The van der Waals surface area contributed by atoms with Gasteiger partial charge in [0, 0.05) is 23.7 Å². The van der Waals surface area contributed by atoms with E-state index in [0.29, 0.717) is 12.3 Å². The van der Waals surface area contributed by atoms with Crippen molar-refractivity contribution in [1.29, 1.82) is 0 Å². The molecule has 0 aromatic heterocycles. The Morgan fingerprint density at radius 3 is 2.76 bits per heavy atom. The van der Waals surface area contributed by atoms with E-state index in [4.69, 9.17) is 9.47 Å². The van der Waals surface area contributed by atoms with Gasteiger partial charge in [0.05, 0.1) is 19.5 Å². The first kappa shape index (κ1) is 23.8. The summed E-state index contributed by atoms with van der Waals surface area (Å²) >= 11 is 1.81. The van der Waals surface area contributed by atoms with Crippen molar-refractivity contribution in [3.05, 3.63) is 42.0 Å². The Bertz CT molecular complexity index is 820. The predicted octanol–water partition coefficient (Wildman–Crippen LogP) is 4.04. The molecule has 29 heavy (non-hydrogen) atoms. The number of methoxy groups -OCH3 is 1. The van der Waals surface area contributed by atoms with Gasteiger partial charge in [0.2, 0.25) is 15.9 Å². The summed E-state index contributed by atoms with van der Waals surface area (Å²) in [6, 6.07) is 7.98. The highest BCUT2D eigenvalue weighted by molar-refractivity contribution is 8.00. The van der Waals surface area contributed by atoms with Gasteiger partial charge in [-0.05, 0) is 39.2 Å². The minimum absolute atomic E-state index is 0.0485. The molecule has 1 aliphatic heterocycles. The highest BCUT2D eigenvalue weighted by atomic mass is 32.2. The monoisotopic (exact) mass is 441 g/mol. The van der Waals surface area contributed by atoms with Crippen LogP contribution >= 0.6 is 11.8 Å². The number of benzene rings is 1. The zero-order valence-electron chi connectivity index (χ0n) is 17.5. The van der Waals surface area contributed by atoms with Crippen LogP contribution in [0.4, 0.5) is 0 Å². The predicted molar refractivity (Wildman–Crippen MR) is 117 cm³/mol. The molecule has 8 heteroatoms. The Balaban J connectivity index is 1.92. The number of ether oxygens (including phenoxy) is 2. The number of unbranched alkanes of at least 4 members (excludes halogenated alkanes) is 1. The van der Waals surface area contributed by atoms with Crippen molar-refractivity contribution >= 4 is 27.7 Å². The first-order valence-electron chi connectivity index (χ1n) is 9.71. The van der Waals surface area contributed by atoms with E-state index >= 15 is 0 Å². The topological polar surface area (TPSA) is 81.7 Å². The first-order chi connectivity index (χ1) is 13.6. The van der Waals surface area contributed by atoms with Gasteiger partial charge in [-0.3, -0.25) is 9.52 Å². The molecule has 1 heterocycles. The summed E-state index contributed by atoms with van der Waals surface area (Å²) in [6.45, 7) is 4.18. The van der Waals surface area contributed by atoms with Gasteiger partial charge >= 0.3 is 0 Å². The van der Waals surface area contributed by atoms with Crippen LogP contribution in [0.1, 0.15) is 51.2 Å². The van der Waals surface area contributed by atoms with Gasteiger partial charge in [-0.2, -0.15) is 0 Å². The van der Waals surface area contributed by atoms with Crippen molar-refractivity contribution in [2.75, 3.05) is 19.1 Å². The van der Waals surface area contributed by atoms with Crippen LogP contribution in [0.2, 0.25) is 0 Å². The van der Waals surface area contributed by atoms with Crippen molar-refractivity contribution in [2.24, 2.45) is 5.92 Å². The molecule has 0 spiro atoms. The number of thioether (sulfide) groups is 1. The van der Waals surface area contributed by atoms with E-state index in [1.54, 1.807) is 7.11 Å². The van der Waals surface area contributed by atoms with Gasteiger partial charge < -0.3 is 9.47 Å². The lowest BCUT2D eigenvalue weighted by molar-refractivity contribution is -0.119. The number of para-hydroxylation sites is 1. The first-order valence-corrected chi connectivity index (χ1v) is 12.6. The Kier molecular flexibility index (Phi) is 8.60. The number of rotatable bonds is 9. The molecule has 1 fully saturated rings. The normalized spacial score (nSPS) is 21.8. The Labute approximate surface area is 178 Å². The van der Waals surface area contributed by atoms with Gasteiger partial charge in [0.25, 0.3) is 0 Å². The summed E-state index contributed by atoms with van der Waals surface area (Å²) in [5, 5.41) is 0. The third kappa shape index (κ3) is 8.03. The summed E-state index contributed by atoms with van der Waals surface area (Å²) in [5.74, 6) is 1.67. The number of carbonyl (C=O) groups is 1. The number of nitrogens with one attached hydrogen (secondary N) is 1. The minimum Gasteiger partial charge on any atom is -0.496 e. The molecule has 1 aromatic rings.